The summed E-state index contributed by atoms with van der Waals surface area (Å²) < 4.78 is 0. The number of amides is 14. The Kier molecular flexibility index (Phi) is 43.2. The number of thioether (sulfide) groups is 1. The summed E-state index contributed by atoms with van der Waals surface area (Å²) in [5.74, 6) is -22.3. The monoisotopic (exact) mass is 1460 g/mol. The lowest BCUT2D eigenvalue weighted by Gasteiger charge is -2.29. The molecule has 41 heteroatoms. The second-order valence-electron chi connectivity index (χ2n) is 24.4. The number of aliphatic hydroxyl groups is 2. The molecule has 0 heterocycles. The molecule has 0 saturated heterocycles. The molecule has 14 amide bonds. The zero-order valence-corrected chi connectivity index (χ0v) is 58.5. The summed E-state index contributed by atoms with van der Waals surface area (Å²) in [7, 11) is 0. The summed E-state index contributed by atoms with van der Waals surface area (Å²) in [6.45, 7) is 9.21. The third-order valence-corrected chi connectivity index (χ3v) is 15.8. The molecule has 0 saturated carbocycles. The molecule has 0 aliphatic rings. The van der Waals surface area contributed by atoms with Crippen LogP contribution in [0, 0.1) is 11.8 Å². The van der Waals surface area contributed by atoms with Crippen molar-refractivity contribution in [2.24, 2.45) is 34.8 Å². The second-order valence-corrected chi connectivity index (χ2v) is 25.3. The minimum Gasteiger partial charge on any atom is -0.481 e. The minimum absolute atomic E-state index is 0.0240. The molecule has 0 bridgehead atoms. The molecule has 0 aromatic heterocycles. The van der Waals surface area contributed by atoms with Gasteiger partial charge in [0.05, 0.1) is 18.6 Å². The number of aliphatic hydroxyl groups excluding tert-OH is 2. The first-order valence-electron chi connectivity index (χ1n) is 32.5. The van der Waals surface area contributed by atoms with Gasteiger partial charge in [0.2, 0.25) is 82.7 Å². The standard InChI is InChI=1S/C60H102N16O24S/c1-9-28(4)47(59(99)74-38(24-27(2)3)50(90)65-26-45(87)88)75-57(97)39(25-44(85)86)73-54(94)33(13-17-40(62)79)67-49(89)29(5)66-51(91)32(12-10-11-22-61)72-60(100)48(31(7)78)76-56(96)36(16-20-43(83)84)69-53(93)35(15-19-42(81)82)68-55(95)37(21-23-101-8)70-52(92)34(14-18-41(63)80)71-58(98)46(64)30(6)77/h27-39,46-48,77-78H,9-26,61,64H2,1-8H3,(H2,62,79)(H2,63,80)(H,65,90)(H,66,91)(H,67,89)(H,68,95)(H,69,93)(H,70,92)(H,71,98)(H,72,100)(H,73,94)(H,74,99)(H,75,97)(H,76,96)(H,81,82)(H,83,84)(H,85,86)(H,87,88)/t28-,29-,30+,31+,32-,33-,34-,35-,36-,37-,38-,39-,46-,47-,48-/m0/s1. The molecule has 572 valence electrons. The number of carbonyl (C=O) groups is 18. The number of unbranched alkanes of at least 4 members (excludes halogenated alkanes) is 1. The number of nitrogens with one attached hydrogen (secondary N) is 12. The van der Waals surface area contributed by atoms with Crippen LogP contribution in [0.15, 0.2) is 0 Å². The summed E-state index contributed by atoms with van der Waals surface area (Å²) in [6, 6.07) is -20.4. The molecule has 0 aliphatic carbocycles. The summed E-state index contributed by atoms with van der Waals surface area (Å²) in [4.78, 5) is 236. The molecule has 0 radical (unpaired) electrons. The van der Waals surface area contributed by atoms with Gasteiger partial charge in [-0.2, -0.15) is 11.8 Å². The summed E-state index contributed by atoms with van der Waals surface area (Å²) in [5.41, 5.74) is 22.0. The van der Waals surface area contributed by atoms with Crippen LogP contribution in [-0.4, -0.2) is 247 Å². The lowest BCUT2D eigenvalue weighted by atomic mass is 9.96. The van der Waals surface area contributed by atoms with Gasteiger partial charge in [-0.1, -0.05) is 34.1 Å². The number of primary amides is 2. The summed E-state index contributed by atoms with van der Waals surface area (Å²) in [5, 5.41) is 86.4. The highest BCUT2D eigenvalue weighted by atomic mass is 32.2. The van der Waals surface area contributed by atoms with E-state index in [2.05, 4.69) is 63.8 Å². The van der Waals surface area contributed by atoms with Gasteiger partial charge in [0.15, 0.2) is 0 Å². The Morgan fingerprint density at radius 2 is 0.772 bits per heavy atom. The molecule has 0 aromatic rings. The van der Waals surface area contributed by atoms with E-state index in [1.807, 2.05) is 0 Å². The van der Waals surface area contributed by atoms with Crippen LogP contribution < -0.4 is 86.7 Å². The van der Waals surface area contributed by atoms with Gasteiger partial charge in [0.25, 0.3) is 0 Å². The molecule has 0 aliphatic heterocycles. The smallest absolute Gasteiger partial charge is 0.322 e. The Balaban J connectivity index is 6.98. The second kappa shape index (κ2) is 47.7. The first-order valence-corrected chi connectivity index (χ1v) is 33.9. The highest BCUT2D eigenvalue weighted by Gasteiger charge is 2.39. The Labute approximate surface area is 586 Å². The lowest BCUT2D eigenvalue weighted by molar-refractivity contribution is -0.142. The highest BCUT2D eigenvalue weighted by molar-refractivity contribution is 7.98. The normalized spacial score (nSPS) is 15.5. The molecule has 40 nitrogen and oxygen atoms in total. The number of hydrogen-bond acceptors (Lipinski definition) is 23. The minimum atomic E-state index is -2.04. The predicted molar refractivity (Wildman–Crippen MR) is 357 cm³/mol. The zero-order valence-electron chi connectivity index (χ0n) is 57.7. The number of carbonyl (C=O) groups excluding carboxylic acids is 14. The average Bonchev–Trinajstić information content (AvgIpc) is 0.864. The van der Waals surface area contributed by atoms with Crippen LogP contribution in [0.5, 0.6) is 0 Å². The van der Waals surface area contributed by atoms with Crippen molar-refractivity contribution in [3.8, 4) is 0 Å². The third kappa shape index (κ3) is 37.1. The van der Waals surface area contributed by atoms with Crippen LogP contribution in [0.4, 0.5) is 0 Å². The Hall–Kier alpha value is -9.35. The van der Waals surface area contributed by atoms with E-state index in [1.54, 1.807) is 27.0 Å². The lowest BCUT2D eigenvalue weighted by Crippen LogP contribution is -2.62. The largest absolute Gasteiger partial charge is 0.481 e. The van der Waals surface area contributed by atoms with Gasteiger partial charge in [-0.05, 0) is 109 Å². The highest BCUT2D eigenvalue weighted by Crippen LogP contribution is 2.15. The average molecular weight is 1460 g/mol. The van der Waals surface area contributed by atoms with Crippen molar-refractivity contribution in [1.29, 1.82) is 0 Å². The summed E-state index contributed by atoms with van der Waals surface area (Å²) >= 11 is 1.20. The molecule has 15 atom stereocenters. The molecule has 0 aromatic carbocycles. The fraction of sp³-hybridized carbons (Fsp3) is 0.700. The Morgan fingerprint density at radius 1 is 0.396 bits per heavy atom. The van der Waals surface area contributed by atoms with Gasteiger partial charge in [-0.15, -0.1) is 0 Å². The van der Waals surface area contributed by atoms with E-state index in [0.717, 1.165) is 13.8 Å². The van der Waals surface area contributed by atoms with Gasteiger partial charge in [-0.3, -0.25) is 86.3 Å². The molecular formula is C60H102N16O24S. The van der Waals surface area contributed by atoms with Gasteiger partial charge >= 0.3 is 23.9 Å². The van der Waals surface area contributed by atoms with E-state index in [0.29, 0.717) is 0 Å². The topological polar surface area (TPSA) is 677 Å². The Morgan fingerprint density at radius 3 is 1.18 bits per heavy atom. The quantitative estimate of drug-likeness (QED) is 0.0252. The van der Waals surface area contributed by atoms with E-state index >= 15 is 0 Å². The van der Waals surface area contributed by atoms with Gasteiger partial charge in [0, 0.05) is 25.7 Å². The van der Waals surface area contributed by atoms with Crippen LogP contribution in [0.1, 0.15) is 145 Å². The van der Waals surface area contributed by atoms with E-state index < -0.39 is 262 Å². The molecule has 101 heavy (non-hydrogen) atoms. The zero-order chi connectivity index (χ0) is 77.6. The molecule has 0 unspecified atom stereocenters. The van der Waals surface area contributed by atoms with Crippen LogP contribution >= 0.6 is 11.8 Å². The van der Waals surface area contributed by atoms with Crippen molar-refractivity contribution in [3.05, 3.63) is 0 Å². The molecule has 0 rings (SSSR count). The Bertz CT molecular complexity index is 2890. The number of aliphatic carboxylic acids is 4. The van der Waals surface area contributed by atoms with Crippen LogP contribution in [0.25, 0.3) is 0 Å². The van der Waals surface area contributed by atoms with Crippen molar-refractivity contribution in [3.63, 3.8) is 0 Å². The van der Waals surface area contributed by atoms with E-state index in [4.69, 9.17) is 28.0 Å². The SMILES string of the molecule is CC[C@H](C)[C@H](NC(=O)[C@H](CC(=O)O)NC(=O)[C@H](CCC(N)=O)NC(=O)[C@H](C)NC(=O)[C@H](CCCCN)NC(=O)[C@@H](NC(=O)[C@H](CCC(=O)O)NC(=O)[C@H](CCC(=O)O)NC(=O)[C@H](CCSC)NC(=O)[C@H](CCC(N)=O)NC(=O)[C@@H](N)[C@@H](C)O)[C@@H](C)O)C(=O)N[C@@H](CC(C)C)C(=O)NCC(=O)O. The van der Waals surface area contributed by atoms with E-state index in [9.17, 15) is 112 Å². The van der Waals surface area contributed by atoms with E-state index in [-0.39, 0.29) is 56.7 Å². The van der Waals surface area contributed by atoms with Crippen molar-refractivity contribution >= 4 is 118 Å². The van der Waals surface area contributed by atoms with Crippen molar-refractivity contribution in [1.82, 2.24) is 63.8 Å². The molecule has 26 N–H and O–H groups in total. The van der Waals surface area contributed by atoms with Crippen LogP contribution in [-0.2, 0) is 86.3 Å². The number of carboxylic acids is 4. The van der Waals surface area contributed by atoms with Crippen molar-refractivity contribution in [2.75, 3.05) is 25.1 Å². The van der Waals surface area contributed by atoms with Gasteiger partial charge < -0.3 is 117 Å². The predicted octanol–water partition coefficient (Wildman–Crippen LogP) is -7.66. The maximum Gasteiger partial charge on any atom is 0.322 e. The van der Waals surface area contributed by atoms with E-state index in [1.165, 1.54) is 25.6 Å². The molecule has 0 fully saturated rings. The van der Waals surface area contributed by atoms with Crippen LogP contribution in [0.3, 0.4) is 0 Å². The fourth-order valence-electron chi connectivity index (χ4n) is 9.21. The van der Waals surface area contributed by atoms with Gasteiger partial charge in [-0.25, -0.2) is 0 Å². The van der Waals surface area contributed by atoms with Gasteiger partial charge in [0.1, 0.15) is 79.0 Å². The van der Waals surface area contributed by atoms with Crippen molar-refractivity contribution < 1.29 is 117 Å². The fourth-order valence-corrected chi connectivity index (χ4v) is 9.68. The summed E-state index contributed by atoms with van der Waals surface area (Å²) in [6.07, 6.45) is -7.70. The number of nitrogens with two attached hydrogens (primary N) is 4. The first-order chi connectivity index (χ1) is 47.1. The number of hydrogen-bond donors (Lipinski definition) is 22. The third-order valence-electron chi connectivity index (χ3n) is 15.2. The molecular weight excluding hydrogens is 1360 g/mol. The maximum atomic E-state index is 14.1. The maximum absolute atomic E-state index is 14.1. The first kappa shape index (κ1) is 91.6. The molecule has 0 spiro atoms. The van der Waals surface area contributed by atoms with Crippen LogP contribution in [0.2, 0.25) is 0 Å². The number of rotatable bonds is 52. The van der Waals surface area contributed by atoms with Crippen molar-refractivity contribution in [2.45, 2.75) is 229 Å². The number of carboxylic acid groups (broad SMARTS) is 4.